The molecule has 84 valence electrons. The summed E-state index contributed by atoms with van der Waals surface area (Å²) in [5, 5.41) is 1.11. The van der Waals surface area contributed by atoms with E-state index in [1.165, 1.54) is 24.0 Å². The molecule has 0 aromatic heterocycles. The molecule has 0 N–H and O–H groups in total. The minimum Gasteiger partial charge on any atom is -0.0925 e. The highest BCUT2D eigenvalue weighted by molar-refractivity contribution is 9.09. The molecule has 15 heavy (non-hydrogen) atoms. The molecule has 0 saturated heterocycles. The van der Waals surface area contributed by atoms with Crippen molar-refractivity contribution in [2.45, 2.75) is 33.6 Å². The van der Waals surface area contributed by atoms with E-state index in [1.807, 2.05) is 0 Å². The molecule has 0 amide bonds. The standard InChI is InChI=1S/C14H21Br/c1-11(2)8-13(10-15)9-14-7-5-4-6-12(14)3/h4-7,11,13H,8-10H2,1-3H3. The van der Waals surface area contributed by atoms with Crippen molar-refractivity contribution in [2.75, 3.05) is 5.33 Å². The summed E-state index contributed by atoms with van der Waals surface area (Å²) < 4.78 is 0. The van der Waals surface area contributed by atoms with E-state index in [0.29, 0.717) is 0 Å². The molecule has 1 atom stereocenters. The molecule has 0 nitrogen and oxygen atoms in total. The molecular formula is C14H21Br. The quantitative estimate of drug-likeness (QED) is 0.685. The van der Waals surface area contributed by atoms with Crippen LogP contribution in [0.2, 0.25) is 0 Å². The summed E-state index contributed by atoms with van der Waals surface area (Å²) in [6.45, 7) is 6.80. The van der Waals surface area contributed by atoms with Crippen LogP contribution in [0.15, 0.2) is 24.3 Å². The zero-order chi connectivity index (χ0) is 11.3. The second-order valence-electron chi connectivity index (χ2n) is 4.78. The Hall–Kier alpha value is -0.300. The van der Waals surface area contributed by atoms with Crippen LogP contribution in [-0.4, -0.2) is 5.33 Å². The van der Waals surface area contributed by atoms with Gasteiger partial charge in [0.2, 0.25) is 0 Å². The zero-order valence-corrected chi connectivity index (χ0v) is 11.5. The van der Waals surface area contributed by atoms with Gasteiger partial charge in [0, 0.05) is 5.33 Å². The first kappa shape index (κ1) is 12.8. The second-order valence-corrected chi connectivity index (χ2v) is 5.43. The van der Waals surface area contributed by atoms with Crippen LogP contribution in [0.4, 0.5) is 0 Å². The summed E-state index contributed by atoms with van der Waals surface area (Å²) in [5.74, 6) is 1.56. The van der Waals surface area contributed by atoms with Crippen LogP contribution in [0.3, 0.4) is 0 Å². The second kappa shape index (κ2) is 6.32. The van der Waals surface area contributed by atoms with Crippen LogP contribution in [0.25, 0.3) is 0 Å². The van der Waals surface area contributed by atoms with Crippen molar-refractivity contribution >= 4 is 15.9 Å². The van der Waals surface area contributed by atoms with E-state index in [1.54, 1.807) is 0 Å². The Kier molecular flexibility index (Phi) is 5.38. The Bertz CT molecular complexity index is 291. The molecule has 0 aliphatic heterocycles. The van der Waals surface area contributed by atoms with Crippen LogP contribution in [-0.2, 0) is 6.42 Å². The first-order chi connectivity index (χ1) is 7.13. The maximum Gasteiger partial charge on any atom is 0.00629 e. The SMILES string of the molecule is Cc1ccccc1CC(CBr)CC(C)C. The monoisotopic (exact) mass is 268 g/mol. The highest BCUT2D eigenvalue weighted by atomic mass is 79.9. The fraction of sp³-hybridized carbons (Fsp3) is 0.571. The van der Waals surface area contributed by atoms with Gasteiger partial charge in [0.25, 0.3) is 0 Å². The van der Waals surface area contributed by atoms with Gasteiger partial charge in [-0.05, 0) is 42.7 Å². The van der Waals surface area contributed by atoms with E-state index in [4.69, 9.17) is 0 Å². The Labute approximate surface area is 102 Å². The summed E-state index contributed by atoms with van der Waals surface area (Å²) in [5.41, 5.74) is 2.93. The van der Waals surface area contributed by atoms with E-state index in [9.17, 15) is 0 Å². The minimum absolute atomic E-state index is 0.770. The van der Waals surface area contributed by atoms with Crippen molar-refractivity contribution in [3.05, 3.63) is 35.4 Å². The molecule has 0 aliphatic rings. The van der Waals surface area contributed by atoms with E-state index in [-0.39, 0.29) is 0 Å². The summed E-state index contributed by atoms with van der Waals surface area (Å²) in [4.78, 5) is 0. The van der Waals surface area contributed by atoms with Gasteiger partial charge in [0.1, 0.15) is 0 Å². The molecule has 0 radical (unpaired) electrons. The normalized spacial score (nSPS) is 13.1. The van der Waals surface area contributed by atoms with Crippen molar-refractivity contribution in [1.29, 1.82) is 0 Å². The topological polar surface area (TPSA) is 0 Å². The number of benzene rings is 1. The van der Waals surface area contributed by atoms with E-state index >= 15 is 0 Å². The van der Waals surface area contributed by atoms with Gasteiger partial charge in [-0.25, -0.2) is 0 Å². The summed E-state index contributed by atoms with van der Waals surface area (Å²) in [6.07, 6.45) is 2.51. The predicted octanol–water partition coefficient (Wildman–Crippen LogP) is 4.59. The van der Waals surface area contributed by atoms with E-state index in [2.05, 4.69) is 61.0 Å². The summed E-state index contributed by atoms with van der Waals surface area (Å²) in [6, 6.07) is 8.72. The Morgan fingerprint density at radius 3 is 2.40 bits per heavy atom. The molecule has 1 rings (SSSR count). The first-order valence-corrected chi connectivity index (χ1v) is 6.86. The highest BCUT2D eigenvalue weighted by Crippen LogP contribution is 2.21. The third-order valence-corrected chi connectivity index (χ3v) is 3.71. The molecule has 0 spiro atoms. The molecule has 0 fully saturated rings. The lowest BCUT2D eigenvalue weighted by molar-refractivity contribution is 0.444. The van der Waals surface area contributed by atoms with Crippen molar-refractivity contribution in [3.8, 4) is 0 Å². The minimum atomic E-state index is 0.770. The van der Waals surface area contributed by atoms with Crippen molar-refractivity contribution in [3.63, 3.8) is 0 Å². The molecule has 1 heteroatoms. The maximum atomic E-state index is 3.63. The van der Waals surface area contributed by atoms with Crippen LogP contribution < -0.4 is 0 Å². The molecule has 1 aromatic carbocycles. The summed E-state index contributed by atoms with van der Waals surface area (Å²) in [7, 11) is 0. The fourth-order valence-corrected chi connectivity index (χ4v) is 2.51. The third-order valence-electron chi connectivity index (χ3n) is 2.79. The van der Waals surface area contributed by atoms with Gasteiger partial charge in [0.05, 0.1) is 0 Å². The lowest BCUT2D eigenvalue weighted by atomic mass is 9.91. The molecule has 1 unspecified atom stereocenters. The number of halogens is 1. The molecular weight excluding hydrogens is 248 g/mol. The van der Waals surface area contributed by atoms with Crippen LogP contribution in [0.1, 0.15) is 31.4 Å². The van der Waals surface area contributed by atoms with Gasteiger partial charge in [-0.1, -0.05) is 54.0 Å². The van der Waals surface area contributed by atoms with E-state index in [0.717, 1.165) is 17.2 Å². The van der Waals surface area contributed by atoms with Crippen molar-refractivity contribution in [2.24, 2.45) is 11.8 Å². The number of rotatable bonds is 5. The molecule has 0 bridgehead atoms. The van der Waals surface area contributed by atoms with E-state index < -0.39 is 0 Å². The van der Waals surface area contributed by atoms with Crippen LogP contribution in [0, 0.1) is 18.8 Å². The average molecular weight is 269 g/mol. The Morgan fingerprint density at radius 2 is 1.87 bits per heavy atom. The van der Waals surface area contributed by atoms with Gasteiger partial charge in [-0.2, -0.15) is 0 Å². The largest absolute Gasteiger partial charge is 0.0925 e. The van der Waals surface area contributed by atoms with Gasteiger partial charge >= 0.3 is 0 Å². The van der Waals surface area contributed by atoms with Crippen molar-refractivity contribution < 1.29 is 0 Å². The average Bonchev–Trinajstić information content (AvgIpc) is 2.19. The summed E-state index contributed by atoms with van der Waals surface area (Å²) >= 11 is 3.63. The molecule has 1 aromatic rings. The zero-order valence-electron chi connectivity index (χ0n) is 9.96. The number of alkyl halides is 1. The number of hydrogen-bond donors (Lipinski definition) is 0. The smallest absolute Gasteiger partial charge is 0.00629 e. The lowest BCUT2D eigenvalue weighted by Gasteiger charge is -2.17. The van der Waals surface area contributed by atoms with Crippen LogP contribution in [0.5, 0.6) is 0 Å². The Morgan fingerprint density at radius 1 is 1.20 bits per heavy atom. The van der Waals surface area contributed by atoms with Gasteiger partial charge in [-0.3, -0.25) is 0 Å². The number of hydrogen-bond acceptors (Lipinski definition) is 0. The first-order valence-electron chi connectivity index (χ1n) is 5.74. The molecule has 0 heterocycles. The predicted molar refractivity (Wildman–Crippen MR) is 71.6 cm³/mol. The lowest BCUT2D eigenvalue weighted by Crippen LogP contribution is -2.10. The highest BCUT2D eigenvalue weighted by Gasteiger charge is 2.11. The molecule has 0 saturated carbocycles. The van der Waals surface area contributed by atoms with Gasteiger partial charge < -0.3 is 0 Å². The van der Waals surface area contributed by atoms with Crippen LogP contribution >= 0.6 is 15.9 Å². The van der Waals surface area contributed by atoms with Crippen molar-refractivity contribution in [1.82, 2.24) is 0 Å². The number of aryl methyl sites for hydroxylation is 1. The maximum absolute atomic E-state index is 3.63. The van der Waals surface area contributed by atoms with Gasteiger partial charge in [-0.15, -0.1) is 0 Å². The van der Waals surface area contributed by atoms with Gasteiger partial charge in [0.15, 0.2) is 0 Å². The Balaban J connectivity index is 2.62. The fourth-order valence-electron chi connectivity index (χ4n) is 2.02. The third kappa shape index (κ3) is 4.38. The molecule has 0 aliphatic carbocycles.